The predicted octanol–water partition coefficient (Wildman–Crippen LogP) is 5.96. The van der Waals surface area contributed by atoms with E-state index in [0.717, 1.165) is 15.5 Å². The van der Waals surface area contributed by atoms with Crippen molar-refractivity contribution in [1.82, 2.24) is 0 Å². The molecule has 0 saturated heterocycles. The lowest BCUT2D eigenvalue weighted by molar-refractivity contribution is -0.116. The Bertz CT molecular complexity index is 1270. The Labute approximate surface area is 176 Å². The lowest BCUT2D eigenvalue weighted by atomic mass is 10.1. The van der Waals surface area contributed by atoms with E-state index in [1.165, 1.54) is 11.3 Å². The lowest BCUT2D eigenvalue weighted by Gasteiger charge is -2.18. The molecule has 3 N–H and O–H groups in total. The molecular weight excluding hydrogens is 429 g/mol. The molecule has 0 radical (unpaired) electrons. The van der Waals surface area contributed by atoms with Crippen LogP contribution in [0.25, 0.3) is 20.9 Å². The van der Waals surface area contributed by atoms with Gasteiger partial charge >= 0.3 is 7.60 Å². The van der Waals surface area contributed by atoms with Crippen molar-refractivity contribution in [1.29, 1.82) is 0 Å². The van der Waals surface area contributed by atoms with Crippen molar-refractivity contribution in [3.63, 3.8) is 0 Å². The largest absolute Gasteiger partial charge is 0.333 e. The third kappa shape index (κ3) is 4.37. The molecule has 1 amide bonds. The first-order valence-corrected chi connectivity index (χ1v) is 11.8. The molecule has 4 aromatic rings. The molecule has 3 aromatic carbocycles. The molecule has 1 unspecified atom stereocenters. The number of anilines is 1. The fourth-order valence-corrected chi connectivity index (χ4v) is 5.59. The zero-order chi connectivity index (χ0) is 20.6. The summed E-state index contributed by atoms with van der Waals surface area (Å²) in [5.41, 5.74) is -0.221. The van der Waals surface area contributed by atoms with Gasteiger partial charge in [-0.15, -0.1) is 11.3 Å². The number of benzene rings is 3. The van der Waals surface area contributed by atoms with Crippen molar-refractivity contribution >= 4 is 63.0 Å². The van der Waals surface area contributed by atoms with E-state index in [2.05, 4.69) is 5.32 Å². The molecule has 148 valence electrons. The molecule has 1 heterocycles. The summed E-state index contributed by atoms with van der Waals surface area (Å²) in [6.45, 7) is 0. The zero-order valence-electron chi connectivity index (χ0n) is 15.1. The zero-order valence-corrected chi connectivity index (χ0v) is 17.5. The molecule has 5 nitrogen and oxygen atoms in total. The average Bonchev–Trinajstić information content (AvgIpc) is 3.07. The third-order valence-electron chi connectivity index (χ3n) is 4.74. The van der Waals surface area contributed by atoms with Crippen molar-refractivity contribution in [3.8, 4) is 0 Å². The van der Waals surface area contributed by atoms with Crippen molar-refractivity contribution in [3.05, 3.63) is 76.6 Å². The predicted molar refractivity (Wildman–Crippen MR) is 119 cm³/mol. The van der Waals surface area contributed by atoms with Crippen LogP contribution in [0.2, 0.25) is 5.02 Å². The topological polar surface area (TPSA) is 86.6 Å². The molecule has 0 spiro atoms. The first kappa shape index (κ1) is 20.1. The van der Waals surface area contributed by atoms with E-state index in [4.69, 9.17) is 11.6 Å². The molecule has 29 heavy (non-hydrogen) atoms. The van der Waals surface area contributed by atoms with E-state index in [1.54, 1.807) is 29.6 Å². The van der Waals surface area contributed by atoms with E-state index in [0.29, 0.717) is 21.7 Å². The van der Waals surface area contributed by atoms with Gasteiger partial charge in [0.15, 0.2) is 0 Å². The summed E-state index contributed by atoms with van der Waals surface area (Å²) in [5, 5.41) is 7.59. The Kier molecular flexibility index (Phi) is 5.47. The van der Waals surface area contributed by atoms with E-state index < -0.39 is 19.2 Å². The summed E-state index contributed by atoms with van der Waals surface area (Å²) in [6, 6.07) is 18.4. The second kappa shape index (κ2) is 7.90. The first-order chi connectivity index (χ1) is 13.8. The number of nitrogens with one attached hydrogen (secondary N) is 1. The van der Waals surface area contributed by atoms with Gasteiger partial charge in [0.2, 0.25) is 5.91 Å². The number of hydrogen-bond acceptors (Lipinski definition) is 3. The number of thiophene rings is 1. The fraction of sp³-hybridized carbons (Fsp3) is 0.0952. The van der Waals surface area contributed by atoms with Crippen LogP contribution in [0.15, 0.2) is 66.0 Å². The maximum absolute atomic E-state index is 12.6. The first-order valence-electron chi connectivity index (χ1n) is 8.82. The monoisotopic (exact) mass is 445 g/mol. The van der Waals surface area contributed by atoms with Gasteiger partial charge in [0.05, 0.1) is 5.66 Å². The van der Waals surface area contributed by atoms with Gasteiger partial charge in [-0.05, 0) is 57.4 Å². The van der Waals surface area contributed by atoms with Crippen LogP contribution < -0.4 is 5.32 Å². The summed E-state index contributed by atoms with van der Waals surface area (Å²) >= 11 is 7.42. The summed E-state index contributed by atoms with van der Waals surface area (Å²) in [4.78, 5) is 32.5. The number of carbonyl (C=O) groups excluding carboxylic acids is 1. The normalized spacial score (nSPS) is 12.9. The minimum absolute atomic E-state index is 0.338. The molecule has 1 atom stereocenters. The molecule has 4 rings (SSSR count). The SMILES string of the molecule is O=C(CC(c1csc2ccc(Cl)cc12)P(=O)(O)O)Nc1ccc2ccccc2c1. The fourth-order valence-electron chi connectivity index (χ4n) is 3.34. The van der Waals surface area contributed by atoms with Crippen molar-refractivity contribution in [2.24, 2.45) is 0 Å². The van der Waals surface area contributed by atoms with Crippen molar-refractivity contribution < 1.29 is 19.1 Å². The van der Waals surface area contributed by atoms with Gasteiger partial charge in [-0.2, -0.15) is 0 Å². The maximum Gasteiger partial charge on any atom is 0.333 e. The molecule has 0 saturated carbocycles. The van der Waals surface area contributed by atoms with Crippen LogP contribution in [0.1, 0.15) is 17.6 Å². The van der Waals surface area contributed by atoms with Gasteiger partial charge in [0.1, 0.15) is 0 Å². The van der Waals surface area contributed by atoms with Crippen molar-refractivity contribution in [2.75, 3.05) is 5.32 Å². The average molecular weight is 446 g/mol. The van der Waals surface area contributed by atoms with E-state index in [-0.39, 0.29) is 6.42 Å². The summed E-state index contributed by atoms with van der Waals surface area (Å²) in [5.74, 6) is -0.463. The third-order valence-corrected chi connectivity index (χ3v) is 7.23. The van der Waals surface area contributed by atoms with Crippen molar-refractivity contribution in [2.45, 2.75) is 12.1 Å². The Morgan fingerprint density at radius 1 is 1.07 bits per heavy atom. The van der Waals surface area contributed by atoms with Crippen LogP contribution in [0.4, 0.5) is 5.69 Å². The molecule has 0 aliphatic carbocycles. The Morgan fingerprint density at radius 2 is 1.83 bits per heavy atom. The smallest absolute Gasteiger partial charge is 0.326 e. The van der Waals surface area contributed by atoms with Gasteiger partial charge in [-0.3, -0.25) is 9.36 Å². The molecule has 0 bridgehead atoms. The van der Waals surface area contributed by atoms with Gasteiger partial charge < -0.3 is 15.1 Å². The number of halogens is 1. The molecule has 0 fully saturated rings. The lowest BCUT2D eigenvalue weighted by Crippen LogP contribution is -2.16. The summed E-state index contributed by atoms with van der Waals surface area (Å²) < 4.78 is 13.1. The second-order valence-corrected chi connectivity index (χ2v) is 9.90. The number of carbonyl (C=O) groups is 1. The number of fused-ring (bicyclic) bond motifs is 2. The highest BCUT2D eigenvalue weighted by atomic mass is 35.5. The van der Waals surface area contributed by atoms with Crippen LogP contribution in [0.5, 0.6) is 0 Å². The quantitative estimate of drug-likeness (QED) is 0.331. The highest BCUT2D eigenvalue weighted by molar-refractivity contribution is 7.52. The van der Waals surface area contributed by atoms with Crippen LogP contribution in [0, 0.1) is 0 Å². The van der Waals surface area contributed by atoms with Crippen LogP contribution in [-0.2, 0) is 9.36 Å². The molecule has 8 heteroatoms. The van der Waals surface area contributed by atoms with E-state index in [9.17, 15) is 19.1 Å². The second-order valence-electron chi connectivity index (χ2n) is 6.75. The Morgan fingerprint density at radius 3 is 2.59 bits per heavy atom. The Balaban J connectivity index is 1.61. The van der Waals surface area contributed by atoms with Gasteiger partial charge in [-0.25, -0.2) is 0 Å². The summed E-state index contributed by atoms with van der Waals surface area (Å²) in [7, 11) is -4.58. The standard InChI is InChI=1S/C21H17ClNO4PS/c22-15-6-8-20-17(10-15)18(12-29-20)19(28(25,26)27)11-21(24)23-16-7-5-13-3-1-2-4-14(13)9-16/h1-10,12,19H,11H2,(H,23,24)(H2,25,26,27). The van der Waals surface area contributed by atoms with Crippen LogP contribution >= 0.6 is 30.5 Å². The van der Waals surface area contributed by atoms with Gasteiger partial charge in [-0.1, -0.05) is 41.9 Å². The van der Waals surface area contributed by atoms with Crippen LogP contribution in [0.3, 0.4) is 0 Å². The molecular formula is C21H17ClNO4PS. The minimum atomic E-state index is -4.58. The highest BCUT2D eigenvalue weighted by Gasteiger charge is 2.34. The van der Waals surface area contributed by atoms with Gasteiger partial charge in [0.25, 0.3) is 0 Å². The number of hydrogen-bond donors (Lipinski definition) is 3. The molecule has 0 aliphatic rings. The van der Waals surface area contributed by atoms with Gasteiger partial charge in [0, 0.05) is 21.8 Å². The number of amides is 1. The minimum Gasteiger partial charge on any atom is -0.326 e. The van der Waals surface area contributed by atoms with E-state index in [1.807, 2.05) is 36.4 Å². The van der Waals surface area contributed by atoms with E-state index >= 15 is 0 Å². The molecule has 0 aliphatic heterocycles. The number of rotatable bonds is 5. The maximum atomic E-state index is 12.6. The molecule has 1 aromatic heterocycles. The van der Waals surface area contributed by atoms with Crippen LogP contribution in [-0.4, -0.2) is 15.7 Å². The Hall–Kier alpha value is -2.21. The highest BCUT2D eigenvalue weighted by Crippen LogP contribution is 2.56. The summed E-state index contributed by atoms with van der Waals surface area (Å²) in [6.07, 6.45) is -0.338.